The Balaban J connectivity index is 2.89. The van der Waals surface area contributed by atoms with Gasteiger partial charge in [0.15, 0.2) is 0 Å². The first kappa shape index (κ1) is 12.5. The molecular formula is C10H10BrN3O2. The number of nitrogens with one attached hydrogen (secondary N) is 2. The first-order valence-electron chi connectivity index (χ1n) is 4.61. The summed E-state index contributed by atoms with van der Waals surface area (Å²) in [4.78, 5) is 25.6. The van der Waals surface area contributed by atoms with Crippen molar-refractivity contribution in [2.75, 3.05) is 6.54 Å². The molecule has 1 amide bonds. The van der Waals surface area contributed by atoms with Crippen molar-refractivity contribution in [1.82, 2.24) is 10.3 Å². The maximum absolute atomic E-state index is 11.5. The molecule has 6 heteroatoms. The SMILES string of the molecule is Cc1[nH]c(=O)c(C(=O)NCCC#N)cc1Br. The van der Waals surface area contributed by atoms with Crippen molar-refractivity contribution < 1.29 is 4.79 Å². The van der Waals surface area contributed by atoms with Gasteiger partial charge in [0, 0.05) is 16.7 Å². The maximum Gasteiger partial charge on any atom is 0.261 e. The number of rotatable bonds is 3. The molecular weight excluding hydrogens is 274 g/mol. The van der Waals surface area contributed by atoms with Gasteiger partial charge in [0.1, 0.15) is 5.56 Å². The molecule has 0 aliphatic heterocycles. The van der Waals surface area contributed by atoms with E-state index in [1.165, 1.54) is 6.07 Å². The Morgan fingerprint density at radius 1 is 1.69 bits per heavy atom. The number of amides is 1. The Bertz CT molecular complexity index is 502. The monoisotopic (exact) mass is 283 g/mol. The van der Waals surface area contributed by atoms with Gasteiger partial charge in [-0.25, -0.2) is 0 Å². The molecule has 0 bridgehead atoms. The van der Waals surface area contributed by atoms with Crippen LogP contribution < -0.4 is 10.9 Å². The molecule has 1 heterocycles. The molecule has 16 heavy (non-hydrogen) atoms. The van der Waals surface area contributed by atoms with Crippen LogP contribution in [0.3, 0.4) is 0 Å². The molecule has 1 aromatic rings. The number of halogens is 1. The van der Waals surface area contributed by atoms with Gasteiger partial charge in [-0.1, -0.05) is 0 Å². The zero-order valence-corrected chi connectivity index (χ0v) is 10.2. The first-order valence-corrected chi connectivity index (χ1v) is 5.40. The Hall–Kier alpha value is -1.61. The number of hydrogen-bond acceptors (Lipinski definition) is 3. The summed E-state index contributed by atoms with van der Waals surface area (Å²) in [6, 6.07) is 3.37. The normalized spacial score (nSPS) is 9.56. The van der Waals surface area contributed by atoms with Crippen molar-refractivity contribution in [2.24, 2.45) is 0 Å². The fraction of sp³-hybridized carbons (Fsp3) is 0.300. The average molecular weight is 284 g/mol. The number of aromatic nitrogens is 1. The minimum atomic E-state index is -0.475. The second kappa shape index (κ2) is 5.47. The molecule has 0 radical (unpaired) electrons. The Labute approximate surface area is 101 Å². The molecule has 0 aliphatic rings. The van der Waals surface area contributed by atoms with Crippen molar-refractivity contribution in [3.63, 3.8) is 0 Å². The Kier molecular flexibility index (Phi) is 4.26. The molecule has 1 rings (SSSR count). The van der Waals surface area contributed by atoms with E-state index in [4.69, 9.17) is 5.26 Å². The van der Waals surface area contributed by atoms with Crippen molar-refractivity contribution in [2.45, 2.75) is 13.3 Å². The van der Waals surface area contributed by atoms with Crippen LogP contribution in [-0.4, -0.2) is 17.4 Å². The van der Waals surface area contributed by atoms with Crippen LogP contribution in [0.15, 0.2) is 15.3 Å². The van der Waals surface area contributed by atoms with Gasteiger partial charge in [-0.2, -0.15) is 5.26 Å². The third kappa shape index (κ3) is 2.94. The van der Waals surface area contributed by atoms with E-state index < -0.39 is 11.5 Å². The lowest BCUT2D eigenvalue weighted by Gasteiger charge is -2.04. The molecule has 0 atom stereocenters. The summed E-state index contributed by atoms with van der Waals surface area (Å²) in [5, 5.41) is 10.8. The number of aromatic amines is 1. The number of nitrogens with zero attached hydrogens (tertiary/aromatic N) is 1. The topological polar surface area (TPSA) is 85.8 Å². The van der Waals surface area contributed by atoms with Gasteiger partial charge >= 0.3 is 0 Å². The number of nitriles is 1. The van der Waals surface area contributed by atoms with Crippen LogP contribution in [0.4, 0.5) is 0 Å². The van der Waals surface area contributed by atoms with Crippen molar-refractivity contribution >= 4 is 21.8 Å². The molecule has 0 saturated carbocycles. The highest BCUT2D eigenvalue weighted by Crippen LogP contribution is 2.12. The summed E-state index contributed by atoms with van der Waals surface area (Å²) >= 11 is 3.23. The van der Waals surface area contributed by atoms with Crippen LogP contribution in [0.25, 0.3) is 0 Å². The van der Waals surface area contributed by atoms with Gasteiger partial charge in [0.25, 0.3) is 11.5 Å². The van der Waals surface area contributed by atoms with E-state index in [1.54, 1.807) is 6.92 Å². The summed E-state index contributed by atoms with van der Waals surface area (Å²) in [5.74, 6) is -0.475. The van der Waals surface area contributed by atoms with E-state index >= 15 is 0 Å². The molecule has 0 unspecified atom stereocenters. The van der Waals surface area contributed by atoms with Crippen LogP contribution >= 0.6 is 15.9 Å². The summed E-state index contributed by atoms with van der Waals surface area (Å²) < 4.78 is 0.664. The fourth-order valence-corrected chi connectivity index (χ4v) is 1.42. The Morgan fingerprint density at radius 3 is 3.00 bits per heavy atom. The largest absolute Gasteiger partial charge is 0.351 e. The molecule has 2 N–H and O–H groups in total. The predicted molar refractivity (Wildman–Crippen MR) is 62.1 cm³/mol. The van der Waals surface area contributed by atoms with Crippen LogP contribution in [0.1, 0.15) is 22.5 Å². The summed E-state index contributed by atoms with van der Waals surface area (Å²) in [6.45, 7) is 1.96. The average Bonchev–Trinajstić information content (AvgIpc) is 2.23. The number of carbonyl (C=O) groups excluding carboxylic acids is 1. The standard InChI is InChI=1S/C10H10BrN3O2/c1-6-8(11)5-7(10(16)14-6)9(15)13-4-2-3-12/h5H,2,4H2,1H3,(H,13,15)(H,14,16). The molecule has 0 aromatic carbocycles. The van der Waals surface area contributed by atoms with E-state index in [0.717, 1.165) is 0 Å². The second-order valence-electron chi connectivity index (χ2n) is 3.15. The van der Waals surface area contributed by atoms with Gasteiger partial charge in [-0.15, -0.1) is 0 Å². The summed E-state index contributed by atoms with van der Waals surface area (Å²) in [7, 11) is 0. The molecule has 5 nitrogen and oxygen atoms in total. The van der Waals surface area contributed by atoms with Crippen LogP contribution in [0.2, 0.25) is 0 Å². The lowest BCUT2D eigenvalue weighted by molar-refractivity contribution is 0.0953. The third-order valence-electron chi connectivity index (χ3n) is 1.94. The molecule has 0 spiro atoms. The fourth-order valence-electron chi connectivity index (χ4n) is 1.09. The van der Waals surface area contributed by atoms with E-state index in [9.17, 15) is 9.59 Å². The van der Waals surface area contributed by atoms with Crippen LogP contribution in [0.5, 0.6) is 0 Å². The molecule has 0 fully saturated rings. The second-order valence-corrected chi connectivity index (χ2v) is 4.00. The lowest BCUT2D eigenvalue weighted by Crippen LogP contribution is -2.30. The third-order valence-corrected chi connectivity index (χ3v) is 2.77. The number of hydrogen-bond donors (Lipinski definition) is 2. The van der Waals surface area contributed by atoms with E-state index in [2.05, 4.69) is 26.2 Å². The summed E-state index contributed by atoms with van der Waals surface area (Å²) in [5.41, 5.74) is 0.268. The molecule has 0 saturated heterocycles. The molecule has 84 valence electrons. The van der Waals surface area contributed by atoms with Crippen molar-refractivity contribution in [3.05, 3.63) is 32.2 Å². The van der Waals surface area contributed by atoms with Crippen molar-refractivity contribution in [1.29, 1.82) is 5.26 Å². The van der Waals surface area contributed by atoms with Gasteiger partial charge in [-0.05, 0) is 28.9 Å². The first-order chi connectivity index (χ1) is 7.56. The zero-order valence-electron chi connectivity index (χ0n) is 8.63. The lowest BCUT2D eigenvalue weighted by atomic mass is 10.2. The number of H-pyrrole nitrogens is 1. The quantitative estimate of drug-likeness (QED) is 0.815. The summed E-state index contributed by atoms with van der Waals surface area (Å²) in [6.07, 6.45) is 0.219. The van der Waals surface area contributed by atoms with Crippen molar-refractivity contribution in [3.8, 4) is 6.07 Å². The number of pyridine rings is 1. The van der Waals surface area contributed by atoms with Crippen LogP contribution in [-0.2, 0) is 0 Å². The minimum absolute atomic E-state index is 0.0374. The smallest absolute Gasteiger partial charge is 0.261 e. The van der Waals surface area contributed by atoms with Gasteiger partial charge in [0.05, 0.1) is 12.5 Å². The Morgan fingerprint density at radius 2 is 2.38 bits per heavy atom. The van der Waals surface area contributed by atoms with Gasteiger partial charge < -0.3 is 10.3 Å². The maximum atomic E-state index is 11.5. The zero-order chi connectivity index (χ0) is 12.1. The number of carbonyl (C=O) groups is 1. The van der Waals surface area contributed by atoms with E-state index in [1.807, 2.05) is 6.07 Å². The van der Waals surface area contributed by atoms with Gasteiger partial charge in [0.2, 0.25) is 0 Å². The highest BCUT2D eigenvalue weighted by molar-refractivity contribution is 9.10. The highest BCUT2D eigenvalue weighted by atomic mass is 79.9. The molecule has 0 aliphatic carbocycles. The van der Waals surface area contributed by atoms with E-state index in [-0.39, 0.29) is 18.5 Å². The molecule has 1 aromatic heterocycles. The van der Waals surface area contributed by atoms with E-state index in [0.29, 0.717) is 10.2 Å². The van der Waals surface area contributed by atoms with Crippen LogP contribution in [0, 0.1) is 18.3 Å². The number of aryl methyl sites for hydroxylation is 1. The van der Waals surface area contributed by atoms with Gasteiger partial charge in [-0.3, -0.25) is 9.59 Å². The highest BCUT2D eigenvalue weighted by Gasteiger charge is 2.11. The predicted octanol–water partition coefficient (Wildman–Crippen LogP) is 1.09. The minimum Gasteiger partial charge on any atom is -0.351 e.